The smallest absolute Gasteiger partial charge is 0.256 e. The van der Waals surface area contributed by atoms with Gasteiger partial charge in [-0.05, 0) is 25.3 Å². The first kappa shape index (κ1) is 21.9. The summed E-state index contributed by atoms with van der Waals surface area (Å²) in [6.07, 6.45) is 4.31. The van der Waals surface area contributed by atoms with Crippen LogP contribution >= 0.6 is 0 Å². The molecule has 0 radical (unpaired) electrons. The Balaban J connectivity index is 1.29. The lowest BCUT2D eigenvalue weighted by molar-refractivity contribution is -0.0534. The van der Waals surface area contributed by atoms with Crippen LogP contribution in [0.1, 0.15) is 55.0 Å². The first-order valence-corrected chi connectivity index (χ1v) is 12.3. The topological polar surface area (TPSA) is 90.5 Å². The number of nitrogens with two attached hydrogens (primary N) is 1. The maximum atomic E-state index is 14.2. The molecule has 5 rings (SSSR count). The summed E-state index contributed by atoms with van der Waals surface area (Å²) in [6.45, 7) is 1.12. The van der Waals surface area contributed by atoms with Crippen LogP contribution in [0.25, 0.3) is 0 Å². The Labute approximate surface area is 184 Å². The molecule has 3 aliphatic rings. The molecule has 2 N–H and O–H groups in total. The molecule has 0 spiro atoms. The van der Waals surface area contributed by atoms with Gasteiger partial charge in [-0.1, -0.05) is 12.8 Å². The van der Waals surface area contributed by atoms with Crippen molar-refractivity contribution in [3.05, 3.63) is 52.6 Å². The fourth-order valence-electron chi connectivity index (χ4n) is 5.13. The van der Waals surface area contributed by atoms with Crippen molar-refractivity contribution >= 4 is 10.0 Å². The van der Waals surface area contributed by atoms with E-state index in [1.807, 2.05) is 0 Å². The lowest BCUT2D eigenvalue weighted by atomic mass is 9.93. The van der Waals surface area contributed by atoms with Gasteiger partial charge in [-0.3, -0.25) is 4.90 Å². The molecule has 2 aliphatic heterocycles. The van der Waals surface area contributed by atoms with Gasteiger partial charge in [0.15, 0.2) is 11.6 Å². The summed E-state index contributed by atoms with van der Waals surface area (Å²) in [6, 6.07) is 0.546. The zero-order valence-corrected chi connectivity index (χ0v) is 18.2. The highest BCUT2D eigenvalue weighted by molar-refractivity contribution is 7.90. The van der Waals surface area contributed by atoms with Crippen molar-refractivity contribution < 1.29 is 26.3 Å². The minimum atomic E-state index is -3.53. The van der Waals surface area contributed by atoms with E-state index < -0.39 is 44.9 Å². The lowest BCUT2D eigenvalue weighted by Crippen LogP contribution is -2.48. The lowest BCUT2D eigenvalue weighted by Gasteiger charge is -2.38. The highest BCUT2D eigenvalue weighted by atomic mass is 32.2. The zero-order chi connectivity index (χ0) is 22.6. The number of nitrogens with zero attached hydrogens (tertiary/aromatic N) is 3. The SMILES string of the molecule is N[C@H]1C[C@@H](N2Cc3cnn(S(=O)(=O)C4CCCC4)c3C2)CO[C@@H]1c1cc(F)c(F)cc1F. The predicted octanol–water partition coefficient (Wildman–Crippen LogP) is 2.59. The van der Waals surface area contributed by atoms with Gasteiger partial charge in [-0.15, -0.1) is 0 Å². The van der Waals surface area contributed by atoms with Crippen LogP contribution in [0.3, 0.4) is 0 Å². The fraction of sp³-hybridized carbons (Fsp3) is 0.571. The molecule has 3 heterocycles. The summed E-state index contributed by atoms with van der Waals surface area (Å²) in [5, 5.41) is 3.77. The minimum Gasteiger partial charge on any atom is -0.370 e. The fourth-order valence-corrected chi connectivity index (χ4v) is 7.00. The predicted molar refractivity (Wildman–Crippen MR) is 109 cm³/mol. The maximum Gasteiger partial charge on any atom is 0.256 e. The van der Waals surface area contributed by atoms with Crippen LogP contribution in [0.4, 0.5) is 13.2 Å². The molecular formula is C21H25F3N4O3S. The molecule has 1 aliphatic carbocycles. The van der Waals surface area contributed by atoms with Gasteiger partial charge in [0.25, 0.3) is 10.0 Å². The third-order valence-electron chi connectivity index (χ3n) is 6.87. The van der Waals surface area contributed by atoms with Crippen LogP contribution in [0.2, 0.25) is 0 Å². The Morgan fingerprint density at radius 2 is 1.78 bits per heavy atom. The van der Waals surface area contributed by atoms with Crippen LogP contribution < -0.4 is 5.73 Å². The summed E-state index contributed by atoms with van der Waals surface area (Å²) < 4.78 is 74.1. The average molecular weight is 471 g/mol. The number of rotatable bonds is 4. The number of hydrogen-bond donors (Lipinski definition) is 1. The number of hydrogen-bond acceptors (Lipinski definition) is 6. The van der Waals surface area contributed by atoms with E-state index in [1.54, 1.807) is 6.20 Å². The molecule has 0 unspecified atom stereocenters. The molecule has 1 aromatic heterocycles. The van der Waals surface area contributed by atoms with E-state index >= 15 is 0 Å². The summed E-state index contributed by atoms with van der Waals surface area (Å²) in [7, 11) is -3.53. The molecule has 1 aromatic carbocycles. The molecular weight excluding hydrogens is 445 g/mol. The molecule has 1 saturated carbocycles. The quantitative estimate of drug-likeness (QED) is 0.691. The van der Waals surface area contributed by atoms with E-state index in [1.165, 1.54) is 4.09 Å². The molecule has 2 fully saturated rings. The highest BCUT2D eigenvalue weighted by Gasteiger charge is 2.40. The van der Waals surface area contributed by atoms with Crippen molar-refractivity contribution in [2.45, 2.75) is 68.6 Å². The standard InChI is InChI=1S/C21H25F3N4O3S/c22-16-7-18(24)17(23)6-15(16)21-19(25)5-13(11-31-21)27-9-12-8-26-28(20(12)10-27)32(29,30)14-3-1-2-4-14/h6-8,13-14,19,21H,1-5,9-11,25H2/t13-,19+,21-/m1/s1. The van der Waals surface area contributed by atoms with Crippen molar-refractivity contribution in [3.63, 3.8) is 0 Å². The number of halogens is 3. The second kappa shape index (κ2) is 8.12. The summed E-state index contributed by atoms with van der Waals surface area (Å²) in [5.41, 5.74) is 7.66. The van der Waals surface area contributed by atoms with Crippen molar-refractivity contribution in [2.75, 3.05) is 6.61 Å². The summed E-state index contributed by atoms with van der Waals surface area (Å²) in [4.78, 5) is 2.07. The average Bonchev–Trinajstić information content (AvgIpc) is 3.48. The van der Waals surface area contributed by atoms with Crippen LogP contribution in [0, 0.1) is 17.5 Å². The molecule has 174 valence electrons. The normalized spacial score (nSPS) is 27.2. The first-order chi connectivity index (χ1) is 15.3. The van der Waals surface area contributed by atoms with Crippen molar-refractivity contribution in [3.8, 4) is 0 Å². The number of fused-ring (bicyclic) bond motifs is 1. The molecule has 32 heavy (non-hydrogen) atoms. The second-order valence-corrected chi connectivity index (χ2v) is 11.0. The highest BCUT2D eigenvalue weighted by Crippen LogP contribution is 2.35. The van der Waals surface area contributed by atoms with Gasteiger partial charge in [0.2, 0.25) is 0 Å². The van der Waals surface area contributed by atoms with Crippen LogP contribution in [-0.2, 0) is 27.8 Å². The van der Waals surface area contributed by atoms with E-state index in [0.717, 1.165) is 24.5 Å². The molecule has 7 nitrogen and oxygen atoms in total. The summed E-state index contributed by atoms with van der Waals surface area (Å²) in [5.74, 6) is -3.30. The Kier molecular flexibility index (Phi) is 5.55. The first-order valence-electron chi connectivity index (χ1n) is 10.8. The summed E-state index contributed by atoms with van der Waals surface area (Å²) >= 11 is 0. The van der Waals surface area contributed by atoms with Gasteiger partial charge < -0.3 is 10.5 Å². The van der Waals surface area contributed by atoms with Gasteiger partial charge in [0.1, 0.15) is 11.9 Å². The molecule has 0 amide bonds. The van der Waals surface area contributed by atoms with E-state index in [-0.39, 0.29) is 18.2 Å². The zero-order valence-electron chi connectivity index (χ0n) is 17.4. The van der Waals surface area contributed by atoms with E-state index in [4.69, 9.17) is 10.5 Å². The third kappa shape index (κ3) is 3.64. The third-order valence-corrected chi connectivity index (χ3v) is 8.99. The van der Waals surface area contributed by atoms with Crippen LogP contribution in [-0.4, -0.2) is 46.4 Å². The Morgan fingerprint density at radius 1 is 1.06 bits per heavy atom. The van der Waals surface area contributed by atoms with Crippen LogP contribution in [0.5, 0.6) is 0 Å². The maximum absolute atomic E-state index is 14.2. The molecule has 1 saturated heterocycles. The second-order valence-electron chi connectivity index (χ2n) is 8.91. The van der Waals surface area contributed by atoms with Gasteiger partial charge in [0, 0.05) is 42.4 Å². The number of aromatic nitrogens is 2. The van der Waals surface area contributed by atoms with Gasteiger partial charge in [-0.25, -0.2) is 21.6 Å². The number of benzene rings is 1. The largest absolute Gasteiger partial charge is 0.370 e. The van der Waals surface area contributed by atoms with Gasteiger partial charge >= 0.3 is 0 Å². The molecule has 3 atom stereocenters. The Hall–Kier alpha value is -1.95. The minimum absolute atomic E-state index is 0.0992. The van der Waals surface area contributed by atoms with Crippen molar-refractivity contribution in [1.82, 2.24) is 14.1 Å². The van der Waals surface area contributed by atoms with Crippen molar-refractivity contribution in [2.24, 2.45) is 5.73 Å². The Morgan fingerprint density at radius 3 is 2.50 bits per heavy atom. The van der Waals surface area contributed by atoms with Gasteiger partial charge in [0.05, 0.1) is 23.7 Å². The van der Waals surface area contributed by atoms with Crippen molar-refractivity contribution in [1.29, 1.82) is 0 Å². The van der Waals surface area contributed by atoms with E-state index in [9.17, 15) is 21.6 Å². The Bertz CT molecular complexity index is 1130. The molecule has 11 heteroatoms. The van der Waals surface area contributed by atoms with Gasteiger partial charge in [-0.2, -0.15) is 9.19 Å². The number of ether oxygens (including phenoxy) is 1. The van der Waals surface area contributed by atoms with E-state index in [2.05, 4.69) is 10.00 Å². The molecule has 0 bridgehead atoms. The van der Waals surface area contributed by atoms with Crippen LogP contribution in [0.15, 0.2) is 18.3 Å². The molecule has 2 aromatic rings. The monoisotopic (exact) mass is 470 g/mol. The van der Waals surface area contributed by atoms with E-state index in [0.29, 0.717) is 44.1 Å².